The van der Waals surface area contributed by atoms with Crippen molar-refractivity contribution in [3.63, 3.8) is 0 Å². The third-order valence-corrected chi connectivity index (χ3v) is 2.46. The van der Waals surface area contributed by atoms with Gasteiger partial charge in [0.15, 0.2) is 11.5 Å². The number of nitrogens with zero attached hydrogens (tertiary/aromatic N) is 2. The Morgan fingerprint density at radius 1 is 1.33 bits per heavy atom. The molecule has 0 aliphatic heterocycles. The Balaban J connectivity index is 3.20. The van der Waals surface area contributed by atoms with Gasteiger partial charge in [-0.3, -0.25) is 4.79 Å². The summed E-state index contributed by atoms with van der Waals surface area (Å²) in [4.78, 5) is 28.5. The number of hydrogen-bond acceptors (Lipinski definition) is 4. The van der Waals surface area contributed by atoms with E-state index in [0.29, 0.717) is 0 Å². The molecular formula is C8H5BrF3N3O3. The summed E-state index contributed by atoms with van der Waals surface area (Å²) in [5.74, 6) is -4.69. The van der Waals surface area contributed by atoms with E-state index in [1.165, 1.54) is 12.2 Å². The van der Waals surface area contributed by atoms with Crippen LogP contribution in [0.25, 0.3) is 0 Å². The first-order valence-corrected chi connectivity index (χ1v) is 5.08. The fourth-order valence-corrected chi connectivity index (χ4v) is 1.18. The van der Waals surface area contributed by atoms with Gasteiger partial charge in [0.25, 0.3) is 0 Å². The number of aromatic nitrogens is 2. The summed E-state index contributed by atoms with van der Waals surface area (Å²) in [6.07, 6.45) is -5.14. The number of halogens is 4. The second-order valence-electron chi connectivity index (χ2n) is 3.05. The third-order valence-electron chi connectivity index (χ3n) is 1.70. The van der Waals surface area contributed by atoms with Gasteiger partial charge in [0.2, 0.25) is 0 Å². The Hall–Kier alpha value is -1.71. The standard InChI is InChI=1S/C8H5BrF3N3O3/c1-2-4(9)14-3(6(16)17)5(13-2)15-7(18)8(10,11)12/h1H3,(H,16,17)(H,13,15,18). The number of aryl methyl sites for hydroxylation is 1. The second-order valence-corrected chi connectivity index (χ2v) is 3.81. The van der Waals surface area contributed by atoms with Crippen LogP contribution in [-0.2, 0) is 4.79 Å². The van der Waals surface area contributed by atoms with Crippen LogP contribution in [0.5, 0.6) is 0 Å². The number of rotatable bonds is 2. The number of carbonyl (C=O) groups is 2. The van der Waals surface area contributed by atoms with Crippen molar-refractivity contribution in [1.82, 2.24) is 9.97 Å². The minimum Gasteiger partial charge on any atom is -0.476 e. The van der Waals surface area contributed by atoms with Gasteiger partial charge in [0.1, 0.15) is 4.60 Å². The molecule has 10 heteroatoms. The van der Waals surface area contributed by atoms with Crippen molar-refractivity contribution in [2.45, 2.75) is 13.1 Å². The zero-order chi connectivity index (χ0) is 14.1. The van der Waals surface area contributed by atoms with Crippen LogP contribution in [0.1, 0.15) is 16.2 Å². The number of alkyl halides is 3. The molecule has 1 heterocycles. The van der Waals surface area contributed by atoms with Gasteiger partial charge in [0.05, 0.1) is 5.69 Å². The van der Waals surface area contributed by atoms with Crippen molar-refractivity contribution >= 4 is 33.6 Å². The molecule has 0 saturated heterocycles. The molecule has 0 atom stereocenters. The van der Waals surface area contributed by atoms with E-state index in [2.05, 4.69) is 25.9 Å². The topological polar surface area (TPSA) is 92.2 Å². The smallest absolute Gasteiger partial charge is 0.471 e. The van der Waals surface area contributed by atoms with Gasteiger partial charge in [-0.1, -0.05) is 0 Å². The SMILES string of the molecule is Cc1nc(NC(=O)C(F)(F)F)c(C(=O)O)nc1Br. The van der Waals surface area contributed by atoms with Crippen molar-refractivity contribution < 1.29 is 27.9 Å². The zero-order valence-corrected chi connectivity index (χ0v) is 10.3. The molecular weight excluding hydrogens is 323 g/mol. The molecule has 1 aromatic heterocycles. The first-order chi connectivity index (χ1) is 8.12. The number of nitrogens with one attached hydrogen (secondary N) is 1. The van der Waals surface area contributed by atoms with Crippen LogP contribution < -0.4 is 5.32 Å². The molecule has 18 heavy (non-hydrogen) atoms. The largest absolute Gasteiger partial charge is 0.476 e. The van der Waals surface area contributed by atoms with E-state index in [-0.39, 0.29) is 10.3 Å². The van der Waals surface area contributed by atoms with Crippen molar-refractivity contribution in [3.05, 3.63) is 16.0 Å². The van der Waals surface area contributed by atoms with Gasteiger partial charge in [-0.2, -0.15) is 13.2 Å². The normalized spacial score (nSPS) is 11.2. The molecule has 0 unspecified atom stereocenters. The summed E-state index contributed by atoms with van der Waals surface area (Å²) in [6.45, 7) is 1.38. The lowest BCUT2D eigenvalue weighted by molar-refractivity contribution is -0.167. The van der Waals surface area contributed by atoms with Gasteiger partial charge in [-0.15, -0.1) is 0 Å². The molecule has 1 aromatic rings. The lowest BCUT2D eigenvalue weighted by Crippen LogP contribution is -2.31. The van der Waals surface area contributed by atoms with E-state index in [1.807, 2.05) is 0 Å². The van der Waals surface area contributed by atoms with Crippen LogP contribution in [-0.4, -0.2) is 33.1 Å². The lowest BCUT2D eigenvalue weighted by atomic mass is 10.3. The predicted octanol–water partition coefficient (Wildman–Crippen LogP) is 1.75. The molecule has 0 spiro atoms. The minimum absolute atomic E-state index is 0.0601. The molecule has 0 fully saturated rings. The number of carboxylic acid groups (broad SMARTS) is 1. The van der Waals surface area contributed by atoms with Gasteiger partial charge in [-0.05, 0) is 22.9 Å². The number of amides is 1. The van der Waals surface area contributed by atoms with E-state index in [9.17, 15) is 22.8 Å². The van der Waals surface area contributed by atoms with Crippen LogP contribution in [0.15, 0.2) is 4.60 Å². The summed E-state index contributed by atoms with van der Waals surface area (Å²) in [7, 11) is 0. The average Bonchev–Trinajstić information content (AvgIpc) is 2.21. The third kappa shape index (κ3) is 3.15. The molecule has 0 aromatic carbocycles. The quantitative estimate of drug-likeness (QED) is 0.863. The molecule has 0 aliphatic rings. The Morgan fingerprint density at radius 3 is 2.33 bits per heavy atom. The maximum Gasteiger partial charge on any atom is 0.471 e. The second kappa shape index (κ2) is 4.88. The van der Waals surface area contributed by atoms with E-state index >= 15 is 0 Å². The van der Waals surface area contributed by atoms with E-state index in [1.54, 1.807) is 0 Å². The number of hydrogen-bond donors (Lipinski definition) is 2. The van der Waals surface area contributed by atoms with E-state index in [4.69, 9.17) is 5.11 Å². The van der Waals surface area contributed by atoms with Gasteiger partial charge < -0.3 is 10.4 Å². The highest BCUT2D eigenvalue weighted by molar-refractivity contribution is 9.10. The van der Waals surface area contributed by atoms with E-state index in [0.717, 1.165) is 0 Å². The first-order valence-electron chi connectivity index (χ1n) is 4.28. The Labute approximate surface area is 106 Å². The molecule has 0 bridgehead atoms. The summed E-state index contributed by atoms with van der Waals surface area (Å²) in [6, 6.07) is 0. The van der Waals surface area contributed by atoms with Crippen molar-refractivity contribution in [1.29, 1.82) is 0 Å². The molecule has 98 valence electrons. The van der Waals surface area contributed by atoms with Crippen LogP contribution in [0.4, 0.5) is 19.0 Å². The van der Waals surface area contributed by atoms with Crippen molar-refractivity contribution in [3.8, 4) is 0 Å². The highest BCUT2D eigenvalue weighted by Gasteiger charge is 2.39. The molecule has 1 rings (SSSR count). The lowest BCUT2D eigenvalue weighted by Gasteiger charge is -2.10. The maximum atomic E-state index is 12.0. The number of carbonyl (C=O) groups excluding carboxylic acids is 1. The Morgan fingerprint density at radius 2 is 1.89 bits per heavy atom. The Kier molecular flexibility index (Phi) is 3.89. The summed E-state index contributed by atoms with van der Waals surface area (Å²) in [5, 5.41) is 10.1. The maximum absolute atomic E-state index is 12.0. The van der Waals surface area contributed by atoms with Crippen LogP contribution in [0.2, 0.25) is 0 Å². The number of anilines is 1. The van der Waals surface area contributed by atoms with Crippen molar-refractivity contribution in [2.75, 3.05) is 5.32 Å². The minimum atomic E-state index is -5.14. The number of aromatic carboxylic acids is 1. The summed E-state index contributed by atoms with van der Waals surface area (Å²) < 4.78 is 36.2. The summed E-state index contributed by atoms with van der Waals surface area (Å²) in [5.41, 5.74) is -0.650. The Bertz CT molecular complexity index is 518. The zero-order valence-electron chi connectivity index (χ0n) is 8.67. The molecule has 2 N–H and O–H groups in total. The van der Waals surface area contributed by atoms with Gasteiger partial charge in [0, 0.05) is 0 Å². The van der Waals surface area contributed by atoms with Crippen LogP contribution >= 0.6 is 15.9 Å². The highest BCUT2D eigenvalue weighted by atomic mass is 79.9. The fourth-order valence-electron chi connectivity index (χ4n) is 0.913. The summed E-state index contributed by atoms with van der Waals surface area (Å²) >= 11 is 2.88. The molecule has 0 saturated carbocycles. The molecule has 0 aliphatic carbocycles. The number of carboxylic acids is 1. The van der Waals surface area contributed by atoms with Crippen LogP contribution in [0, 0.1) is 6.92 Å². The van der Waals surface area contributed by atoms with Crippen LogP contribution in [0.3, 0.4) is 0 Å². The predicted molar refractivity (Wildman–Crippen MR) is 56.1 cm³/mol. The van der Waals surface area contributed by atoms with Gasteiger partial charge in [-0.25, -0.2) is 14.8 Å². The molecule has 6 nitrogen and oxygen atoms in total. The highest BCUT2D eigenvalue weighted by Crippen LogP contribution is 2.21. The molecule has 0 radical (unpaired) electrons. The van der Waals surface area contributed by atoms with Gasteiger partial charge >= 0.3 is 18.1 Å². The monoisotopic (exact) mass is 327 g/mol. The van der Waals surface area contributed by atoms with E-state index < -0.39 is 29.6 Å². The first kappa shape index (κ1) is 14.4. The average molecular weight is 328 g/mol. The van der Waals surface area contributed by atoms with Crippen molar-refractivity contribution in [2.24, 2.45) is 0 Å². The molecule has 1 amide bonds. The fraction of sp³-hybridized carbons (Fsp3) is 0.250.